The van der Waals surface area contributed by atoms with E-state index in [-0.39, 0.29) is 0 Å². The Kier molecular flexibility index (Phi) is 12.0. The molecular formula is C10H24O2SSi. The van der Waals surface area contributed by atoms with Crippen LogP contribution in [0.25, 0.3) is 0 Å². The third kappa shape index (κ3) is 9.06. The molecule has 0 aliphatic carbocycles. The number of thioether (sulfide) groups is 1. The molecular weight excluding hydrogens is 212 g/mol. The second kappa shape index (κ2) is 11.6. The van der Waals surface area contributed by atoms with Crippen LogP contribution in [0, 0.1) is 0 Å². The van der Waals surface area contributed by atoms with Crippen LogP contribution in [-0.4, -0.2) is 34.0 Å². The van der Waals surface area contributed by atoms with Gasteiger partial charge in [-0.1, -0.05) is 13.3 Å². The fourth-order valence-corrected chi connectivity index (χ4v) is 3.74. The molecule has 0 fully saturated rings. The fourth-order valence-electron chi connectivity index (χ4n) is 1.25. The van der Waals surface area contributed by atoms with Gasteiger partial charge in [0.15, 0.2) is 0 Å². The molecule has 0 aromatic carbocycles. The van der Waals surface area contributed by atoms with Crippen molar-refractivity contribution in [2.24, 2.45) is 0 Å². The fraction of sp³-hybridized carbons (Fsp3) is 1.00. The zero-order chi connectivity index (χ0) is 10.6. The van der Waals surface area contributed by atoms with E-state index in [1.54, 1.807) is 0 Å². The van der Waals surface area contributed by atoms with Gasteiger partial charge in [0.1, 0.15) is 0 Å². The maximum atomic E-state index is 5.60. The Balaban J connectivity index is 3.30. The minimum Gasteiger partial charge on any atom is -0.397 e. The molecule has 0 aromatic heterocycles. The molecule has 0 aromatic rings. The predicted octanol–water partition coefficient (Wildman–Crippen LogP) is 2.81. The van der Waals surface area contributed by atoms with Gasteiger partial charge in [-0.15, -0.1) is 0 Å². The van der Waals surface area contributed by atoms with Gasteiger partial charge in [-0.2, -0.15) is 11.8 Å². The molecule has 0 aliphatic heterocycles. The van der Waals surface area contributed by atoms with E-state index < -0.39 is 9.28 Å². The van der Waals surface area contributed by atoms with Gasteiger partial charge in [-0.25, -0.2) is 0 Å². The topological polar surface area (TPSA) is 18.5 Å². The highest BCUT2D eigenvalue weighted by Crippen LogP contribution is 2.09. The molecule has 0 amide bonds. The van der Waals surface area contributed by atoms with Crippen molar-refractivity contribution < 1.29 is 8.85 Å². The van der Waals surface area contributed by atoms with Crippen LogP contribution in [0.1, 0.15) is 33.6 Å². The van der Waals surface area contributed by atoms with E-state index in [2.05, 4.69) is 6.92 Å². The van der Waals surface area contributed by atoms with Crippen molar-refractivity contribution in [3.8, 4) is 0 Å². The van der Waals surface area contributed by atoms with Crippen LogP contribution < -0.4 is 0 Å². The van der Waals surface area contributed by atoms with Crippen LogP contribution in [0.5, 0.6) is 0 Å². The number of hydrogen-bond acceptors (Lipinski definition) is 3. The third-order valence-corrected chi connectivity index (χ3v) is 5.16. The van der Waals surface area contributed by atoms with Crippen LogP contribution in [0.3, 0.4) is 0 Å². The second-order valence-corrected chi connectivity index (χ2v) is 6.53. The summed E-state index contributed by atoms with van der Waals surface area (Å²) in [7, 11) is -1.29. The van der Waals surface area contributed by atoms with E-state index >= 15 is 0 Å². The Morgan fingerprint density at radius 1 is 1.00 bits per heavy atom. The summed E-state index contributed by atoms with van der Waals surface area (Å²) in [5.41, 5.74) is 0. The molecule has 0 bridgehead atoms. The lowest BCUT2D eigenvalue weighted by atomic mass is 10.4. The molecule has 0 atom stereocenters. The quantitative estimate of drug-likeness (QED) is 0.429. The van der Waals surface area contributed by atoms with Gasteiger partial charge in [0.25, 0.3) is 0 Å². The average molecular weight is 236 g/mol. The number of rotatable bonds is 10. The Bertz CT molecular complexity index is 108. The largest absolute Gasteiger partial charge is 0.397 e. The van der Waals surface area contributed by atoms with E-state index in [1.165, 1.54) is 30.4 Å². The van der Waals surface area contributed by atoms with E-state index in [1.807, 2.05) is 25.6 Å². The molecule has 4 heteroatoms. The highest BCUT2D eigenvalue weighted by atomic mass is 32.2. The molecule has 0 saturated heterocycles. The van der Waals surface area contributed by atoms with Crippen LogP contribution in [-0.2, 0) is 8.85 Å². The van der Waals surface area contributed by atoms with E-state index in [9.17, 15) is 0 Å². The van der Waals surface area contributed by atoms with Crippen molar-refractivity contribution in [3.63, 3.8) is 0 Å². The Hall–Kier alpha value is 0.487. The smallest absolute Gasteiger partial charge is 0.321 e. The summed E-state index contributed by atoms with van der Waals surface area (Å²) in [4.78, 5) is 0. The highest BCUT2D eigenvalue weighted by Gasteiger charge is 2.10. The number of unbranched alkanes of at least 4 members (excludes halogenated alkanes) is 1. The summed E-state index contributed by atoms with van der Waals surface area (Å²) in [5, 5.41) is 0. The summed E-state index contributed by atoms with van der Waals surface area (Å²) in [5.74, 6) is 2.52. The van der Waals surface area contributed by atoms with Crippen molar-refractivity contribution in [2.75, 3.05) is 24.7 Å². The summed E-state index contributed by atoms with van der Waals surface area (Å²) in [6.45, 7) is 7.92. The first-order valence-corrected chi connectivity index (χ1v) is 8.57. The Morgan fingerprint density at radius 2 is 1.64 bits per heavy atom. The Morgan fingerprint density at radius 3 is 2.14 bits per heavy atom. The summed E-state index contributed by atoms with van der Waals surface area (Å²) in [6, 6.07) is 1.17. The van der Waals surface area contributed by atoms with Crippen molar-refractivity contribution in [1.82, 2.24) is 0 Å². The zero-order valence-electron chi connectivity index (χ0n) is 9.75. The Labute approximate surface area is 94.6 Å². The lowest BCUT2D eigenvalue weighted by molar-refractivity contribution is 0.213. The SMILES string of the molecule is CCO[SiH](CCCCSCC)OCC. The normalized spacial score (nSPS) is 11.1. The molecule has 0 heterocycles. The van der Waals surface area contributed by atoms with Gasteiger partial charge in [-0.05, 0) is 37.8 Å². The lowest BCUT2D eigenvalue weighted by Crippen LogP contribution is -2.22. The second-order valence-electron chi connectivity index (χ2n) is 3.03. The average Bonchev–Trinajstić information content (AvgIpc) is 2.18. The van der Waals surface area contributed by atoms with Gasteiger partial charge >= 0.3 is 9.28 Å². The molecule has 0 saturated carbocycles. The summed E-state index contributed by atoms with van der Waals surface area (Å²) >= 11 is 2.02. The first kappa shape index (κ1) is 14.5. The minimum absolute atomic E-state index is 0.806. The van der Waals surface area contributed by atoms with Gasteiger partial charge in [0, 0.05) is 13.2 Å². The standard InChI is InChI=1S/C10H24O2SSi/c1-4-11-14(12-5-2)10-8-7-9-13-6-3/h14H,4-10H2,1-3H3. The molecule has 0 radical (unpaired) electrons. The first-order chi connectivity index (χ1) is 6.85. The van der Waals surface area contributed by atoms with E-state index in [0.717, 1.165) is 13.2 Å². The molecule has 14 heavy (non-hydrogen) atoms. The lowest BCUT2D eigenvalue weighted by Gasteiger charge is -2.14. The summed E-state index contributed by atoms with van der Waals surface area (Å²) in [6.07, 6.45) is 2.58. The van der Waals surface area contributed by atoms with Crippen LogP contribution in [0.15, 0.2) is 0 Å². The van der Waals surface area contributed by atoms with Crippen molar-refractivity contribution in [2.45, 2.75) is 39.7 Å². The van der Waals surface area contributed by atoms with Crippen LogP contribution >= 0.6 is 11.8 Å². The molecule has 0 aliphatic rings. The van der Waals surface area contributed by atoms with Crippen LogP contribution in [0.4, 0.5) is 0 Å². The molecule has 0 spiro atoms. The van der Waals surface area contributed by atoms with Gasteiger partial charge in [0.05, 0.1) is 0 Å². The molecule has 0 rings (SSSR count). The number of hydrogen-bond donors (Lipinski definition) is 0. The van der Waals surface area contributed by atoms with Crippen molar-refractivity contribution in [1.29, 1.82) is 0 Å². The van der Waals surface area contributed by atoms with Crippen molar-refractivity contribution >= 4 is 21.0 Å². The molecule has 0 N–H and O–H groups in total. The predicted molar refractivity (Wildman–Crippen MR) is 67.4 cm³/mol. The van der Waals surface area contributed by atoms with Gasteiger partial charge in [-0.3, -0.25) is 0 Å². The summed E-state index contributed by atoms with van der Waals surface area (Å²) < 4.78 is 11.2. The molecule has 0 unspecified atom stereocenters. The maximum absolute atomic E-state index is 5.60. The maximum Gasteiger partial charge on any atom is 0.321 e. The van der Waals surface area contributed by atoms with Gasteiger partial charge < -0.3 is 8.85 Å². The third-order valence-electron chi connectivity index (χ3n) is 1.89. The van der Waals surface area contributed by atoms with Crippen molar-refractivity contribution in [3.05, 3.63) is 0 Å². The molecule has 86 valence electrons. The van der Waals surface area contributed by atoms with Crippen LogP contribution in [0.2, 0.25) is 6.04 Å². The zero-order valence-corrected chi connectivity index (χ0v) is 11.7. The van der Waals surface area contributed by atoms with Gasteiger partial charge in [0.2, 0.25) is 0 Å². The minimum atomic E-state index is -1.29. The molecule has 2 nitrogen and oxygen atoms in total. The highest BCUT2D eigenvalue weighted by molar-refractivity contribution is 7.99. The monoisotopic (exact) mass is 236 g/mol. The first-order valence-electron chi connectivity index (χ1n) is 5.66. The van der Waals surface area contributed by atoms with E-state index in [0.29, 0.717) is 0 Å². The van der Waals surface area contributed by atoms with E-state index in [4.69, 9.17) is 8.85 Å².